The van der Waals surface area contributed by atoms with Crippen molar-refractivity contribution >= 4 is 17.5 Å². The molecule has 0 atom stereocenters. The number of hydrogen-bond donors (Lipinski definition) is 0. The molecule has 3 aromatic rings. The van der Waals surface area contributed by atoms with Crippen molar-refractivity contribution in [2.45, 2.75) is 0 Å². The highest BCUT2D eigenvalue weighted by Crippen LogP contribution is 2.13. The Hall–Kier alpha value is -3.81. The van der Waals surface area contributed by atoms with Crippen LogP contribution in [0.5, 0.6) is 5.95 Å². The van der Waals surface area contributed by atoms with E-state index in [0.29, 0.717) is 16.8 Å². The number of carbonyl (C=O) groups excluding carboxylic acids is 1. The molecule has 2 aromatic carbocycles. The van der Waals surface area contributed by atoms with E-state index < -0.39 is 10.9 Å². The van der Waals surface area contributed by atoms with E-state index in [4.69, 9.17) is 0 Å². The van der Waals surface area contributed by atoms with Gasteiger partial charge in [0.15, 0.2) is 5.78 Å². The third kappa shape index (κ3) is 3.75. The molecule has 0 bridgehead atoms. The molecule has 25 heavy (non-hydrogen) atoms. The first-order chi connectivity index (χ1) is 12.0. The zero-order valence-electron chi connectivity index (χ0n) is 12.7. The molecule has 0 saturated carbocycles. The Morgan fingerprint density at radius 2 is 1.80 bits per heavy atom. The van der Waals surface area contributed by atoms with Crippen molar-refractivity contribution in [2.75, 3.05) is 0 Å². The van der Waals surface area contributed by atoms with Crippen molar-refractivity contribution in [1.29, 1.82) is 0 Å². The maximum Gasteiger partial charge on any atom is 0.269 e. The summed E-state index contributed by atoms with van der Waals surface area (Å²) in [5.41, 5.74) is 1.71. The molecule has 0 saturated heterocycles. The lowest BCUT2D eigenvalue weighted by Crippen LogP contribution is -2.31. The number of non-ortho nitro benzene ring substituents is 1. The molecule has 0 N–H and O–H groups in total. The van der Waals surface area contributed by atoms with Gasteiger partial charge in [-0.15, -0.1) is 0 Å². The summed E-state index contributed by atoms with van der Waals surface area (Å²) in [5, 5.41) is 25.1. The summed E-state index contributed by atoms with van der Waals surface area (Å²) in [4.78, 5) is 22.3. The molecule has 0 fully saturated rings. The summed E-state index contributed by atoms with van der Waals surface area (Å²) in [6.45, 7) is 0. The van der Waals surface area contributed by atoms with E-state index >= 15 is 0 Å². The minimum Gasteiger partial charge on any atom is -0.539 e. The van der Waals surface area contributed by atoms with Gasteiger partial charge in [0.1, 0.15) is 5.95 Å². The molecule has 0 aliphatic carbocycles. The van der Waals surface area contributed by atoms with Crippen molar-refractivity contribution in [3.8, 4) is 11.6 Å². The number of carbonyl (C=O) groups is 1. The molecule has 0 unspecified atom stereocenters. The molecular formula is C17H11N3O5. The minimum atomic E-state index is -0.564. The van der Waals surface area contributed by atoms with Crippen LogP contribution in [-0.2, 0) is 0 Å². The molecule has 0 amide bonds. The van der Waals surface area contributed by atoms with E-state index in [0.717, 1.165) is 0 Å². The number of allylic oxidation sites excluding steroid dienone is 1. The highest BCUT2D eigenvalue weighted by atomic mass is 16.6. The maximum absolute atomic E-state index is 12.2. The molecule has 0 spiro atoms. The van der Waals surface area contributed by atoms with E-state index in [-0.39, 0.29) is 11.5 Å². The number of aromatic nitrogens is 2. The molecule has 8 nitrogen and oxygen atoms in total. The highest BCUT2D eigenvalue weighted by molar-refractivity contribution is 6.06. The summed E-state index contributed by atoms with van der Waals surface area (Å²) in [7, 11) is 0. The Bertz CT molecular complexity index is 943. The third-order valence-corrected chi connectivity index (χ3v) is 3.39. The van der Waals surface area contributed by atoms with Gasteiger partial charge in [-0.25, -0.2) is 0 Å². The van der Waals surface area contributed by atoms with Gasteiger partial charge in [0.05, 0.1) is 10.2 Å². The minimum absolute atomic E-state index is 0.00865. The fraction of sp³-hybridized carbons (Fsp3) is 0. The highest BCUT2D eigenvalue weighted by Gasteiger charge is 2.10. The lowest BCUT2D eigenvalue weighted by Gasteiger charge is -1.96. The summed E-state index contributed by atoms with van der Waals surface area (Å²) < 4.78 is 5.71. The van der Waals surface area contributed by atoms with Crippen LogP contribution in [0.3, 0.4) is 0 Å². The summed E-state index contributed by atoms with van der Waals surface area (Å²) in [6, 6.07) is 12.3. The average molecular weight is 337 g/mol. The van der Waals surface area contributed by atoms with Crippen LogP contribution in [0.4, 0.5) is 5.69 Å². The van der Waals surface area contributed by atoms with Gasteiger partial charge in [0.2, 0.25) is 11.9 Å². The predicted octanol–water partition coefficient (Wildman–Crippen LogP) is 1.83. The van der Waals surface area contributed by atoms with Gasteiger partial charge in [0, 0.05) is 29.8 Å². The van der Waals surface area contributed by atoms with Crippen LogP contribution in [0, 0.1) is 10.1 Å². The number of hydrogen-bond acceptors (Lipinski definition) is 6. The van der Waals surface area contributed by atoms with Crippen LogP contribution in [0.2, 0.25) is 0 Å². The smallest absolute Gasteiger partial charge is 0.269 e. The Balaban J connectivity index is 1.71. The molecular weight excluding hydrogens is 326 g/mol. The van der Waals surface area contributed by atoms with Crippen LogP contribution in [0.15, 0.2) is 65.3 Å². The normalized spacial score (nSPS) is 10.9. The number of ketones is 1. The van der Waals surface area contributed by atoms with E-state index in [1.165, 1.54) is 29.1 Å². The van der Waals surface area contributed by atoms with Crippen LogP contribution >= 0.6 is 0 Å². The molecule has 0 aliphatic rings. The van der Waals surface area contributed by atoms with Crippen LogP contribution < -0.4 is 9.79 Å². The van der Waals surface area contributed by atoms with E-state index in [1.807, 2.05) is 0 Å². The van der Waals surface area contributed by atoms with Crippen LogP contribution in [0.1, 0.15) is 15.9 Å². The molecule has 1 aromatic heterocycles. The van der Waals surface area contributed by atoms with Crippen LogP contribution in [0.25, 0.3) is 11.8 Å². The number of rotatable bonds is 5. The Morgan fingerprint density at radius 3 is 2.36 bits per heavy atom. The second-order valence-electron chi connectivity index (χ2n) is 5.06. The van der Waals surface area contributed by atoms with Gasteiger partial charge in [-0.1, -0.05) is 6.08 Å². The first-order valence-electron chi connectivity index (χ1n) is 7.16. The van der Waals surface area contributed by atoms with Crippen molar-refractivity contribution in [3.63, 3.8) is 0 Å². The van der Waals surface area contributed by atoms with E-state index in [1.54, 1.807) is 42.5 Å². The molecule has 3 rings (SSSR count). The molecule has 0 radical (unpaired) electrons. The predicted molar refractivity (Wildman–Crippen MR) is 83.9 cm³/mol. The Kier molecular flexibility index (Phi) is 4.34. The first kappa shape index (κ1) is 16.1. The summed E-state index contributed by atoms with van der Waals surface area (Å²) in [5.74, 6) is -0.786. The Morgan fingerprint density at radius 1 is 1.12 bits per heavy atom. The third-order valence-electron chi connectivity index (χ3n) is 3.39. The zero-order valence-corrected chi connectivity index (χ0v) is 12.7. The monoisotopic (exact) mass is 337 g/mol. The van der Waals surface area contributed by atoms with Gasteiger partial charge in [0.25, 0.3) is 5.69 Å². The second kappa shape index (κ2) is 6.75. The lowest BCUT2D eigenvalue weighted by molar-refractivity contribution is -0.670. The Labute approximate surface area is 141 Å². The van der Waals surface area contributed by atoms with Gasteiger partial charge < -0.3 is 9.63 Å². The van der Waals surface area contributed by atoms with Gasteiger partial charge >= 0.3 is 0 Å². The number of benzene rings is 2. The van der Waals surface area contributed by atoms with E-state index in [9.17, 15) is 20.0 Å². The number of nitro groups is 1. The molecule has 124 valence electrons. The van der Waals surface area contributed by atoms with Gasteiger partial charge in [-0.05, 0) is 40.6 Å². The molecule has 1 heterocycles. The van der Waals surface area contributed by atoms with Crippen molar-refractivity contribution in [2.24, 2.45) is 0 Å². The quantitative estimate of drug-likeness (QED) is 0.231. The standard InChI is InChI=1S/C17H11N3O5/c21-16(10-3-12-1-6-15(7-2-12)20(23)24)13-4-8-14(9-5-13)19-11-17(22)25-18-19/h1-11H/b10-3+. The van der Waals surface area contributed by atoms with E-state index in [2.05, 4.69) is 9.79 Å². The zero-order chi connectivity index (χ0) is 17.8. The largest absolute Gasteiger partial charge is 0.539 e. The van der Waals surface area contributed by atoms with Crippen molar-refractivity contribution in [1.82, 2.24) is 5.27 Å². The topological polar surface area (TPSA) is 113 Å². The maximum atomic E-state index is 12.2. The fourth-order valence-corrected chi connectivity index (χ4v) is 2.11. The molecule has 0 aliphatic heterocycles. The SMILES string of the molecule is O=C(/C=C/c1ccc([N+](=O)[O-])cc1)c1ccc(-[n+]2cc([O-])on2)cc1. The summed E-state index contributed by atoms with van der Waals surface area (Å²) >= 11 is 0. The van der Waals surface area contributed by atoms with Crippen molar-refractivity contribution < 1.29 is 24.0 Å². The molecule has 8 heteroatoms. The van der Waals surface area contributed by atoms with Gasteiger partial charge in [-0.2, -0.15) is 0 Å². The van der Waals surface area contributed by atoms with Gasteiger partial charge in [-0.3, -0.25) is 14.9 Å². The average Bonchev–Trinajstić information content (AvgIpc) is 3.06. The number of nitro benzene ring substituents is 1. The van der Waals surface area contributed by atoms with Crippen molar-refractivity contribution in [3.05, 3.63) is 82.0 Å². The lowest BCUT2D eigenvalue weighted by atomic mass is 10.1. The van der Waals surface area contributed by atoms with Crippen LogP contribution in [-0.4, -0.2) is 16.0 Å². The fourth-order valence-electron chi connectivity index (χ4n) is 2.11. The number of nitrogens with zero attached hydrogens (tertiary/aromatic N) is 3. The first-order valence-corrected chi connectivity index (χ1v) is 7.16. The second-order valence-corrected chi connectivity index (χ2v) is 5.06. The summed E-state index contributed by atoms with van der Waals surface area (Å²) in [6.07, 6.45) is 4.15.